The van der Waals surface area contributed by atoms with Crippen LogP contribution in [-0.2, 0) is 10.0 Å². The number of hydrogen-bond donors (Lipinski definition) is 2. The molecule has 0 spiro atoms. The molecule has 0 bridgehead atoms. The lowest BCUT2D eigenvalue weighted by molar-refractivity contribution is 0.432. The molecule has 3 N–H and O–H groups in total. The minimum atomic E-state index is -3.79. The number of anilines is 1. The summed E-state index contributed by atoms with van der Waals surface area (Å²) in [5.74, 6) is 0. The van der Waals surface area contributed by atoms with Crippen LogP contribution >= 0.6 is 0 Å². The first-order valence-electron chi connectivity index (χ1n) is 10.9. The van der Waals surface area contributed by atoms with Crippen LogP contribution in [0.25, 0.3) is 27.9 Å². The number of nitrogens with one attached hydrogen (secondary N) is 1. The molecule has 0 aliphatic carbocycles. The van der Waals surface area contributed by atoms with E-state index in [1.54, 1.807) is 22.8 Å². The van der Waals surface area contributed by atoms with Gasteiger partial charge in [0.05, 0.1) is 11.1 Å². The van der Waals surface area contributed by atoms with E-state index in [4.69, 9.17) is 5.14 Å². The fourth-order valence-electron chi connectivity index (χ4n) is 4.54. The summed E-state index contributed by atoms with van der Waals surface area (Å²) in [6, 6.07) is 15.9. The van der Waals surface area contributed by atoms with Crippen molar-refractivity contribution in [2.75, 3.05) is 18.0 Å². The van der Waals surface area contributed by atoms with E-state index in [9.17, 15) is 8.42 Å². The second kappa shape index (κ2) is 8.26. The Labute approximate surface area is 193 Å². The van der Waals surface area contributed by atoms with Gasteiger partial charge in [0.1, 0.15) is 0 Å². The largest absolute Gasteiger partial charge is 0.364 e. The maximum atomic E-state index is 11.7. The van der Waals surface area contributed by atoms with Crippen LogP contribution in [0.3, 0.4) is 0 Å². The molecule has 0 amide bonds. The molecule has 2 atom stereocenters. The molecule has 8 nitrogen and oxygen atoms in total. The van der Waals surface area contributed by atoms with Gasteiger partial charge < -0.3 is 10.2 Å². The normalized spacial score (nSPS) is 19.2. The van der Waals surface area contributed by atoms with E-state index in [2.05, 4.69) is 58.4 Å². The molecule has 4 aromatic rings. The van der Waals surface area contributed by atoms with Gasteiger partial charge >= 0.3 is 0 Å². The number of hydrogen-bond acceptors (Lipinski definition) is 6. The summed E-state index contributed by atoms with van der Waals surface area (Å²) in [5.41, 5.74) is 5.29. The Morgan fingerprint density at radius 2 is 1.70 bits per heavy atom. The molecular weight excluding hydrogens is 436 g/mol. The minimum absolute atomic E-state index is 0.0594. The fraction of sp³-hybridized carbons (Fsp3) is 0.250. The van der Waals surface area contributed by atoms with Gasteiger partial charge in [-0.1, -0.05) is 24.3 Å². The van der Waals surface area contributed by atoms with E-state index in [0.717, 1.165) is 29.8 Å². The summed E-state index contributed by atoms with van der Waals surface area (Å²) in [7, 11) is -3.79. The standard InChI is InChI=1S/C24H26N6O2S/c1-16-11-26-12-17(2)30(16)21-8-6-18(7-9-21)20-13-27-24-23(14-28-29(24)15-20)19-4-3-5-22(10-19)33(25,31)32/h3-10,13-17,26H,11-12H2,1-2H3,(H2,25,31,32)/t16-,17+. The maximum absolute atomic E-state index is 11.7. The first-order chi connectivity index (χ1) is 15.8. The number of rotatable bonds is 4. The Morgan fingerprint density at radius 1 is 0.970 bits per heavy atom. The molecule has 1 aliphatic heterocycles. The van der Waals surface area contributed by atoms with Gasteiger partial charge in [-0.05, 0) is 49.2 Å². The van der Waals surface area contributed by atoms with Crippen LogP contribution in [0.2, 0.25) is 0 Å². The lowest BCUT2D eigenvalue weighted by Gasteiger charge is -2.41. The predicted molar refractivity (Wildman–Crippen MR) is 130 cm³/mol. The van der Waals surface area contributed by atoms with E-state index in [-0.39, 0.29) is 4.90 Å². The molecule has 1 saturated heterocycles. The average Bonchev–Trinajstić information content (AvgIpc) is 3.22. The lowest BCUT2D eigenvalue weighted by Crippen LogP contribution is -2.55. The Hall–Kier alpha value is -3.27. The molecule has 1 aliphatic rings. The van der Waals surface area contributed by atoms with Crippen LogP contribution in [0, 0.1) is 0 Å². The number of benzene rings is 2. The fourth-order valence-corrected chi connectivity index (χ4v) is 5.09. The highest BCUT2D eigenvalue weighted by atomic mass is 32.2. The Kier molecular flexibility index (Phi) is 5.40. The van der Waals surface area contributed by atoms with Gasteiger partial charge in [0.2, 0.25) is 10.0 Å². The summed E-state index contributed by atoms with van der Waals surface area (Å²) in [4.78, 5) is 7.14. The van der Waals surface area contributed by atoms with Crippen molar-refractivity contribution in [1.82, 2.24) is 19.9 Å². The van der Waals surface area contributed by atoms with Gasteiger partial charge in [0, 0.05) is 54.4 Å². The smallest absolute Gasteiger partial charge is 0.238 e. The van der Waals surface area contributed by atoms with Crippen LogP contribution in [0.5, 0.6) is 0 Å². The molecule has 0 radical (unpaired) electrons. The molecule has 1 fully saturated rings. The number of sulfonamides is 1. The first-order valence-corrected chi connectivity index (χ1v) is 12.4. The molecule has 2 aromatic carbocycles. The van der Waals surface area contributed by atoms with Crippen molar-refractivity contribution in [3.05, 3.63) is 67.1 Å². The van der Waals surface area contributed by atoms with Crippen molar-refractivity contribution >= 4 is 21.4 Å². The van der Waals surface area contributed by atoms with Crippen LogP contribution < -0.4 is 15.4 Å². The van der Waals surface area contributed by atoms with E-state index < -0.39 is 10.0 Å². The highest BCUT2D eigenvalue weighted by molar-refractivity contribution is 7.89. The van der Waals surface area contributed by atoms with Crippen LogP contribution in [0.15, 0.2) is 72.0 Å². The Balaban J connectivity index is 1.46. The zero-order chi connectivity index (χ0) is 23.2. The molecule has 5 rings (SSSR count). The van der Waals surface area contributed by atoms with E-state index in [1.807, 2.05) is 18.5 Å². The number of nitrogens with two attached hydrogens (primary N) is 1. The number of primary sulfonamides is 1. The molecular formula is C24H26N6O2S. The summed E-state index contributed by atoms with van der Waals surface area (Å²) >= 11 is 0. The zero-order valence-electron chi connectivity index (χ0n) is 18.5. The molecule has 2 aromatic heterocycles. The van der Waals surface area contributed by atoms with Gasteiger partial charge in [0.25, 0.3) is 0 Å². The Morgan fingerprint density at radius 3 is 2.39 bits per heavy atom. The van der Waals surface area contributed by atoms with Crippen molar-refractivity contribution in [3.8, 4) is 22.3 Å². The van der Waals surface area contributed by atoms with Gasteiger partial charge in [-0.3, -0.25) is 0 Å². The number of nitrogens with zero attached hydrogens (tertiary/aromatic N) is 4. The molecule has 33 heavy (non-hydrogen) atoms. The summed E-state index contributed by atoms with van der Waals surface area (Å²) < 4.78 is 25.1. The van der Waals surface area contributed by atoms with Crippen molar-refractivity contribution in [2.45, 2.75) is 30.8 Å². The molecule has 9 heteroatoms. The van der Waals surface area contributed by atoms with Crippen molar-refractivity contribution in [3.63, 3.8) is 0 Å². The van der Waals surface area contributed by atoms with E-state index in [1.165, 1.54) is 11.8 Å². The average molecular weight is 463 g/mol. The van der Waals surface area contributed by atoms with Gasteiger partial charge in [-0.25, -0.2) is 23.1 Å². The second-order valence-corrected chi connectivity index (χ2v) is 10.1. The lowest BCUT2D eigenvalue weighted by atomic mass is 10.0. The van der Waals surface area contributed by atoms with Crippen LogP contribution in [-0.4, -0.2) is 48.2 Å². The predicted octanol–water partition coefficient (Wildman–Crippen LogP) is 2.90. The summed E-state index contributed by atoms with van der Waals surface area (Å²) in [5, 5.41) is 13.2. The first kappa shape index (κ1) is 21.6. The molecule has 170 valence electrons. The van der Waals surface area contributed by atoms with Crippen molar-refractivity contribution < 1.29 is 8.42 Å². The third kappa shape index (κ3) is 4.10. The van der Waals surface area contributed by atoms with E-state index >= 15 is 0 Å². The Bertz CT molecular complexity index is 1400. The quantitative estimate of drug-likeness (QED) is 0.483. The zero-order valence-corrected chi connectivity index (χ0v) is 19.3. The third-order valence-electron chi connectivity index (χ3n) is 6.16. The summed E-state index contributed by atoms with van der Waals surface area (Å²) in [6.07, 6.45) is 5.43. The number of fused-ring (bicyclic) bond motifs is 1. The van der Waals surface area contributed by atoms with Gasteiger partial charge in [0.15, 0.2) is 5.65 Å². The summed E-state index contributed by atoms with van der Waals surface area (Å²) in [6.45, 7) is 6.44. The molecule has 0 unspecified atom stereocenters. The molecule has 0 saturated carbocycles. The molecule has 3 heterocycles. The third-order valence-corrected chi connectivity index (χ3v) is 7.07. The highest BCUT2D eigenvalue weighted by Crippen LogP contribution is 2.29. The second-order valence-electron chi connectivity index (χ2n) is 8.55. The van der Waals surface area contributed by atoms with Gasteiger partial charge in [-0.15, -0.1) is 0 Å². The van der Waals surface area contributed by atoms with Gasteiger partial charge in [-0.2, -0.15) is 5.10 Å². The monoisotopic (exact) mass is 462 g/mol. The van der Waals surface area contributed by atoms with Crippen LogP contribution in [0.4, 0.5) is 5.69 Å². The highest BCUT2D eigenvalue weighted by Gasteiger charge is 2.24. The minimum Gasteiger partial charge on any atom is -0.364 e. The number of piperazine rings is 1. The van der Waals surface area contributed by atoms with Crippen molar-refractivity contribution in [1.29, 1.82) is 0 Å². The van der Waals surface area contributed by atoms with E-state index in [0.29, 0.717) is 23.3 Å². The SMILES string of the molecule is C[C@@H]1CNC[C@H](C)N1c1ccc(-c2cnc3c(-c4cccc(S(N)(=O)=O)c4)cnn3c2)cc1. The van der Waals surface area contributed by atoms with Crippen molar-refractivity contribution in [2.24, 2.45) is 5.14 Å². The maximum Gasteiger partial charge on any atom is 0.238 e. The topological polar surface area (TPSA) is 106 Å². The number of aromatic nitrogens is 3. The van der Waals surface area contributed by atoms with Crippen LogP contribution in [0.1, 0.15) is 13.8 Å².